The van der Waals surface area contributed by atoms with Gasteiger partial charge in [0.25, 0.3) is 0 Å². The summed E-state index contributed by atoms with van der Waals surface area (Å²) in [4.78, 5) is 4.01. The summed E-state index contributed by atoms with van der Waals surface area (Å²) in [7, 11) is 0. The normalized spacial score (nSPS) is 20.4. The summed E-state index contributed by atoms with van der Waals surface area (Å²) in [5.41, 5.74) is 2.55. The Balaban J connectivity index is 1.46. The van der Waals surface area contributed by atoms with Gasteiger partial charge in [0.1, 0.15) is 0 Å². The minimum absolute atomic E-state index is 0.00962. The van der Waals surface area contributed by atoms with Crippen LogP contribution in [0.2, 0.25) is 0 Å². The maximum atomic E-state index is 5.94. The molecule has 1 saturated heterocycles. The molecule has 0 bridgehead atoms. The van der Waals surface area contributed by atoms with Crippen molar-refractivity contribution < 1.29 is 9.47 Å². The Kier molecular flexibility index (Phi) is 6.75. The van der Waals surface area contributed by atoms with E-state index in [1.54, 1.807) is 0 Å². The van der Waals surface area contributed by atoms with Gasteiger partial charge in [-0.1, -0.05) is 84.2 Å². The Bertz CT molecular complexity index is 794. The van der Waals surface area contributed by atoms with E-state index >= 15 is 0 Å². The molecule has 0 saturated carbocycles. The van der Waals surface area contributed by atoms with Crippen LogP contribution in [0, 0.1) is 0 Å². The molecule has 2 heterocycles. The Morgan fingerprint density at radius 3 is 2.26 bits per heavy atom. The lowest BCUT2D eigenvalue weighted by atomic mass is 10.1. The summed E-state index contributed by atoms with van der Waals surface area (Å²) >= 11 is 3.70. The Morgan fingerprint density at radius 1 is 0.889 bits per heavy atom. The van der Waals surface area contributed by atoms with Crippen molar-refractivity contribution in [1.82, 2.24) is 0 Å². The molecular weight excluding hydrogens is 372 g/mol. The van der Waals surface area contributed by atoms with Gasteiger partial charge in [0.15, 0.2) is 6.29 Å². The number of hydrogen-bond donors (Lipinski definition) is 0. The molecule has 0 aliphatic carbocycles. The summed E-state index contributed by atoms with van der Waals surface area (Å²) in [6, 6.07) is 21.3. The number of benzene rings is 2. The molecule has 4 rings (SSSR count). The number of ether oxygens (including phenoxy) is 2. The van der Waals surface area contributed by atoms with Crippen molar-refractivity contribution in [2.75, 3.05) is 13.2 Å². The molecule has 1 atom stereocenters. The first-order chi connectivity index (χ1) is 13.4. The van der Waals surface area contributed by atoms with E-state index in [1.165, 1.54) is 32.3 Å². The van der Waals surface area contributed by atoms with E-state index in [-0.39, 0.29) is 6.29 Å². The van der Waals surface area contributed by atoms with Gasteiger partial charge < -0.3 is 9.47 Å². The lowest BCUT2D eigenvalue weighted by Gasteiger charge is -2.24. The zero-order chi connectivity index (χ0) is 18.3. The Hall–Kier alpha value is -1.46. The van der Waals surface area contributed by atoms with Gasteiger partial charge in [-0.25, -0.2) is 0 Å². The smallest absolute Gasteiger partial charge is 0.157 e. The largest absolute Gasteiger partial charge is 0.353 e. The molecule has 2 nitrogen and oxygen atoms in total. The van der Waals surface area contributed by atoms with Crippen molar-refractivity contribution in [3.05, 3.63) is 82.1 Å². The van der Waals surface area contributed by atoms with Crippen molar-refractivity contribution in [3.63, 3.8) is 0 Å². The van der Waals surface area contributed by atoms with Gasteiger partial charge >= 0.3 is 0 Å². The SMILES string of the molecule is C1=C(CCOC2CCCCO2)SC(c2ccccc2)=C(c2ccccc2)S1. The zero-order valence-electron chi connectivity index (χ0n) is 15.3. The predicted molar refractivity (Wildman–Crippen MR) is 117 cm³/mol. The summed E-state index contributed by atoms with van der Waals surface area (Å²) < 4.78 is 11.6. The van der Waals surface area contributed by atoms with E-state index < -0.39 is 0 Å². The molecule has 27 heavy (non-hydrogen) atoms. The molecule has 1 unspecified atom stereocenters. The highest BCUT2D eigenvalue weighted by atomic mass is 32.2. The van der Waals surface area contributed by atoms with Gasteiger partial charge in [0.2, 0.25) is 0 Å². The van der Waals surface area contributed by atoms with Gasteiger partial charge in [0.05, 0.1) is 6.61 Å². The van der Waals surface area contributed by atoms with E-state index in [9.17, 15) is 0 Å². The molecule has 0 spiro atoms. The van der Waals surface area contributed by atoms with Crippen LogP contribution in [0.5, 0.6) is 0 Å². The van der Waals surface area contributed by atoms with Crippen LogP contribution in [0.3, 0.4) is 0 Å². The van der Waals surface area contributed by atoms with E-state index in [0.29, 0.717) is 6.61 Å². The second-order valence-corrected chi connectivity index (χ2v) is 8.63. The summed E-state index contributed by atoms with van der Waals surface area (Å²) in [5, 5.41) is 2.28. The van der Waals surface area contributed by atoms with Crippen LogP contribution >= 0.6 is 23.5 Å². The molecule has 2 aliphatic heterocycles. The average molecular weight is 397 g/mol. The quantitative estimate of drug-likeness (QED) is 0.536. The van der Waals surface area contributed by atoms with Gasteiger partial charge in [-0.2, -0.15) is 0 Å². The first-order valence-corrected chi connectivity index (χ1v) is 11.2. The molecule has 2 aliphatic rings. The molecule has 0 N–H and O–H groups in total. The Morgan fingerprint density at radius 2 is 1.59 bits per heavy atom. The van der Waals surface area contributed by atoms with Gasteiger partial charge in [-0.05, 0) is 40.7 Å². The molecular formula is C23H24O2S2. The average Bonchev–Trinajstić information content (AvgIpc) is 2.76. The van der Waals surface area contributed by atoms with Gasteiger partial charge in [-0.15, -0.1) is 0 Å². The minimum atomic E-state index is -0.00962. The topological polar surface area (TPSA) is 18.5 Å². The molecule has 4 heteroatoms. The lowest BCUT2D eigenvalue weighted by Crippen LogP contribution is -2.22. The van der Waals surface area contributed by atoms with Crippen LogP contribution in [0.1, 0.15) is 36.8 Å². The third-order valence-corrected chi connectivity index (χ3v) is 7.19. The molecule has 140 valence electrons. The summed E-state index contributed by atoms with van der Waals surface area (Å²) in [6.45, 7) is 1.55. The molecule has 0 aromatic heterocycles. The first-order valence-electron chi connectivity index (χ1n) is 9.52. The van der Waals surface area contributed by atoms with Crippen molar-refractivity contribution in [2.45, 2.75) is 32.0 Å². The van der Waals surface area contributed by atoms with Crippen molar-refractivity contribution in [2.24, 2.45) is 0 Å². The van der Waals surface area contributed by atoms with E-state index in [1.807, 2.05) is 23.5 Å². The number of hydrogen-bond acceptors (Lipinski definition) is 4. The zero-order valence-corrected chi connectivity index (χ0v) is 16.9. The monoisotopic (exact) mass is 396 g/mol. The second kappa shape index (κ2) is 9.65. The molecule has 0 amide bonds. The number of thioether (sulfide) groups is 2. The highest BCUT2D eigenvalue weighted by Gasteiger charge is 2.20. The third kappa shape index (κ3) is 5.08. The molecule has 2 aromatic carbocycles. The fraction of sp³-hybridized carbons (Fsp3) is 0.304. The van der Waals surface area contributed by atoms with Crippen LogP contribution in [0.25, 0.3) is 9.81 Å². The third-order valence-electron chi connectivity index (χ3n) is 4.61. The fourth-order valence-corrected chi connectivity index (χ4v) is 5.57. The van der Waals surface area contributed by atoms with E-state index in [0.717, 1.165) is 25.9 Å². The highest BCUT2D eigenvalue weighted by Crippen LogP contribution is 2.50. The molecule has 2 aromatic rings. The second-order valence-electron chi connectivity index (χ2n) is 6.61. The molecule has 0 radical (unpaired) electrons. The van der Waals surface area contributed by atoms with Gasteiger partial charge in [-0.3, -0.25) is 0 Å². The Labute approximate surface area is 170 Å². The highest BCUT2D eigenvalue weighted by molar-refractivity contribution is 8.19. The van der Waals surface area contributed by atoms with Crippen molar-refractivity contribution >= 4 is 33.3 Å². The summed E-state index contributed by atoms with van der Waals surface area (Å²) in [6.07, 6.45) is 4.30. The van der Waals surface area contributed by atoms with Crippen LogP contribution in [0.4, 0.5) is 0 Å². The first kappa shape index (κ1) is 18.9. The fourth-order valence-electron chi connectivity index (χ4n) is 3.19. The number of rotatable bonds is 6. The van der Waals surface area contributed by atoms with E-state index in [4.69, 9.17) is 9.47 Å². The van der Waals surface area contributed by atoms with Crippen molar-refractivity contribution in [1.29, 1.82) is 0 Å². The maximum Gasteiger partial charge on any atom is 0.157 e. The van der Waals surface area contributed by atoms with Crippen LogP contribution in [0.15, 0.2) is 71.0 Å². The van der Waals surface area contributed by atoms with Crippen LogP contribution in [-0.2, 0) is 9.47 Å². The standard InChI is InChI=1S/C23H24O2S2/c1-3-9-18(10-4-1)22-23(19-11-5-2-6-12-19)27-20(17-26-22)14-16-25-21-13-7-8-15-24-21/h1-6,9-12,17,21H,7-8,13-16H2. The predicted octanol–water partition coefficient (Wildman–Crippen LogP) is 6.77. The van der Waals surface area contributed by atoms with Gasteiger partial charge in [0, 0.05) is 22.8 Å². The van der Waals surface area contributed by atoms with Crippen LogP contribution < -0.4 is 0 Å². The van der Waals surface area contributed by atoms with Crippen molar-refractivity contribution in [3.8, 4) is 0 Å². The van der Waals surface area contributed by atoms with Crippen LogP contribution in [-0.4, -0.2) is 19.5 Å². The summed E-state index contributed by atoms with van der Waals surface area (Å²) in [5.74, 6) is 0. The minimum Gasteiger partial charge on any atom is -0.353 e. The molecule has 1 fully saturated rings. The lowest BCUT2D eigenvalue weighted by molar-refractivity contribution is -0.161. The maximum absolute atomic E-state index is 5.94. The van der Waals surface area contributed by atoms with E-state index in [2.05, 4.69) is 66.1 Å².